The number of hydrogen-bond donors (Lipinski definition) is 5. The Labute approximate surface area is 112 Å². The molecule has 1 aliphatic heterocycles. The molecule has 1 aliphatic rings. The van der Waals surface area contributed by atoms with E-state index in [1.807, 2.05) is 0 Å². The number of hydrogen-bond acceptors (Lipinski definition) is 8. The fourth-order valence-corrected chi connectivity index (χ4v) is 2.27. The molecule has 3 rings (SSSR count). The first-order valence-electron chi connectivity index (χ1n) is 5.92. The van der Waals surface area contributed by atoms with Crippen LogP contribution in [0.4, 0.5) is 0 Å². The maximum atomic E-state index is 10.1. The van der Waals surface area contributed by atoms with Crippen molar-refractivity contribution < 1.29 is 20.2 Å². The molecule has 20 heavy (non-hydrogen) atoms. The van der Waals surface area contributed by atoms with Gasteiger partial charge in [-0.25, -0.2) is 9.97 Å². The largest absolute Gasteiger partial charge is 0.425 e. The fourth-order valence-electron chi connectivity index (χ4n) is 2.27. The lowest BCUT2D eigenvalue weighted by atomic mass is 10.1. The third-order valence-corrected chi connectivity index (χ3v) is 3.39. The smallest absolute Gasteiger partial charge is 0.192 e. The van der Waals surface area contributed by atoms with E-state index in [1.165, 1.54) is 10.9 Å². The van der Waals surface area contributed by atoms with E-state index in [4.69, 9.17) is 21.0 Å². The molecule has 108 valence electrons. The van der Waals surface area contributed by atoms with Gasteiger partial charge in [0.15, 0.2) is 22.9 Å². The fraction of sp³-hybridized carbons (Fsp3) is 0.500. The molecule has 0 bridgehead atoms. The molecule has 3 heterocycles. The SMILES string of the molecule is N=c1c2ncn([C@@H]3O[C@H](CO)[C@@H](N)[C@H]3O)c2ncn1O. The van der Waals surface area contributed by atoms with Gasteiger partial charge in [0.25, 0.3) is 0 Å². The number of imidazole rings is 1. The second-order valence-corrected chi connectivity index (χ2v) is 4.58. The molecule has 1 fully saturated rings. The monoisotopic (exact) mass is 282 g/mol. The minimum atomic E-state index is -1.04. The zero-order chi connectivity index (χ0) is 14.4. The van der Waals surface area contributed by atoms with E-state index in [1.54, 1.807) is 0 Å². The maximum Gasteiger partial charge on any atom is 0.192 e. The Balaban J connectivity index is 2.08. The Morgan fingerprint density at radius 3 is 2.80 bits per heavy atom. The van der Waals surface area contributed by atoms with Crippen LogP contribution in [0.15, 0.2) is 12.7 Å². The molecule has 2 aromatic heterocycles. The van der Waals surface area contributed by atoms with Crippen molar-refractivity contribution in [3.63, 3.8) is 0 Å². The van der Waals surface area contributed by atoms with Crippen LogP contribution in [0.1, 0.15) is 6.23 Å². The molecule has 10 heteroatoms. The van der Waals surface area contributed by atoms with Crippen molar-refractivity contribution in [2.45, 2.75) is 24.5 Å². The summed E-state index contributed by atoms with van der Waals surface area (Å²) in [5.41, 5.74) is 5.96. The highest BCUT2D eigenvalue weighted by Crippen LogP contribution is 2.29. The predicted octanol–water partition coefficient (Wildman–Crippen LogP) is -2.47. The van der Waals surface area contributed by atoms with E-state index in [-0.39, 0.29) is 23.3 Å². The van der Waals surface area contributed by atoms with Gasteiger partial charge in [-0.05, 0) is 0 Å². The first-order chi connectivity index (χ1) is 9.54. The van der Waals surface area contributed by atoms with Gasteiger partial charge in [-0.3, -0.25) is 9.98 Å². The van der Waals surface area contributed by atoms with Crippen LogP contribution >= 0.6 is 0 Å². The highest BCUT2D eigenvalue weighted by molar-refractivity contribution is 5.68. The lowest BCUT2D eigenvalue weighted by Crippen LogP contribution is -2.41. The predicted molar refractivity (Wildman–Crippen MR) is 63.5 cm³/mol. The second kappa shape index (κ2) is 4.52. The minimum absolute atomic E-state index is 0.159. The van der Waals surface area contributed by atoms with Crippen LogP contribution < -0.4 is 11.2 Å². The summed E-state index contributed by atoms with van der Waals surface area (Å²) in [5, 5.41) is 36.2. The average molecular weight is 282 g/mol. The molecule has 0 saturated carbocycles. The number of rotatable bonds is 2. The summed E-state index contributed by atoms with van der Waals surface area (Å²) < 4.78 is 7.44. The van der Waals surface area contributed by atoms with Crippen LogP contribution in [-0.2, 0) is 4.74 Å². The van der Waals surface area contributed by atoms with Crippen molar-refractivity contribution in [2.24, 2.45) is 5.73 Å². The van der Waals surface area contributed by atoms with Gasteiger partial charge in [0.05, 0.1) is 19.0 Å². The second-order valence-electron chi connectivity index (χ2n) is 4.58. The third-order valence-electron chi connectivity index (χ3n) is 3.39. The molecular formula is C10H14N6O4. The molecule has 0 spiro atoms. The van der Waals surface area contributed by atoms with E-state index < -0.39 is 24.5 Å². The summed E-state index contributed by atoms with van der Waals surface area (Å²) in [6.07, 6.45) is -0.186. The molecule has 0 aromatic carbocycles. The molecule has 0 amide bonds. The minimum Gasteiger partial charge on any atom is -0.425 e. The quantitative estimate of drug-likeness (QED) is 0.382. The number of nitrogens with two attached hydrogens (primary N) is 1. The van der Waals surface area contributed by atoms with Crippen LogP contribution in [0.5, 0.6) is 0 Å². The molecule has 2 aromatic rings. The number of aliphatic hydroxyl groups excluding tert-OH is 2. The lowest BCUT2D eigenvalue weighted by Gasteiger charge is -2.16. The van der Waals surface area contributed by atoms with E-state index in [0.29, 0.717) is 4.73 Å². The van der Waals surface area contributed by atoms with E-state index in [0.717, 1.165) is 6.33 Å². The standard InChI is InChI=1S/C10H14N6O4/c11-5-4(1-17)20-10(7(5)18)15-2-13-6-8(12)16(19)3-14-9(6)15/h2-5,7,10,12,17-19H,1,11H2/t4-,5-,7-,10-/m1/s1. The number of fused-ring (bicyclic) bond motifs is 1. The molecule has 10 nitrogen and oxygen atoms in total. The van der Waals surface area contributed by atoms with Gasteiger partial charge in [0, 0.05) is 0 Å². The van der Waals surface area contributed by atoms with Crippen molar-refractivity contribution >= 4 is 11.2 Å². The van der Waals surface area contributed by atoms with Gasteiger partial charge in [-0.15, -0.1) is 0 Å². The van der Waals surface area contributed by atoms with Gasteiger partial charge in [0.1, 0.15) is 18.5 Å². The highest BCUT2D eigenvalue weighted by Gasteiger charge is 2.42. The lowest BCUT2D eigenvalue weighted by molar-refractivity contribution is -0.0488. The average Bonchev–Trinajstić information content (AvgIpc) is 2.98. The molecule has 0 unspecified atom stereocenters. The van der Waals surface area contributed by atoms with Gasteiger partial charge in [-0.2, -0.15) is 4.73 Å². The van der Waals surface area contributed by atoms with Gasteiger partial charge in [0.2, 0.25) is 0 Å². The summed E-state index contributed by atoms with van der Waals surface area (Å²) in [5.74, 6) is 0. The topological polar surface area (TPSA) is 155 Å². The van der Waals surface area contributed by atoms with Crippen LogP contribution in [0.25, 0.3) is 11.2 Å². The molecule has 0 aliphatic carbocycles. The highest BCUT2D eigenvalue weighted by atomic mass is 16.5. The Morgan fingerprint density at radius 2 is 2.15 bits per heavy atom. The summed E-state index contributed by atoms with van der Waals surface area (Å²) in [6.45, 7) is -0.310. The van der Waals surface area contributed by atoms with Crippen LogP contribution in [-0.4, -0.2) is 59.5 Å². The number of aromatic nitrogens is 4. The Bertz CT molecular complexity index is 697. The van der Waals surface area contributed by atoms with Crippen molar-refractivity contribution in [2.75, 3.05) is 6.61 Å². The molecule has 0 radical (unpaired) electrons. The third kappa shape index (κ3) is 1.70. The number of aliphatic hydroxyl groups is 2. The summed E-state index contributed by atoms with van der Waals surface area (Å²) in [7, 11) is 0. The Kier molecular flexibility index (Phi) is 2.94. The zero-order valence-corrected chi connectivity index (χ0v) is 10.3. The maximum absolute atomic E-state index is 10.1. The first-order valence-corrected chi connectivity index (χ1v) is 5.92. The zero-order valence-electron chi connectivity index (χ0n) is 10.3. The summed E-state index contributed by atoms with van der Waals surface area (Å²) in [6, 6.07) is -0.732. The van der Waals surface area contributed by atoms with E-state index in [9.17, 15) is 10.3 Å². The molecule has 4 atom stereocenters. The van der Waals surface area contributed by atoms with Gasteiger partial charge in [-0.1, -0.05) is 0 Å². The molecule has 6 N–H and O–H groups in total. The van der Waals surface area contributed by atoms with E-state index in [2.05, 4.69) is 9.97 Å². The van der Waals surface area contributed by atoms with Gasteiger partial charge >= 0.3 is 0 Å². The van der Waals surface area contributed by atoms with Crippen molar-refractivity contribution in [1.29, 1.82) is 5.41 Å². The van der Waals surface area contributed by atoms with Crippen molar-refractivity contribution in [3.05, 3.63) is 18.1 Å². The Morgan fingerprint density at radius 1 is 1.40 bits per heavy atom. The van der Waals surface area contributed by atoms with Crippen molar-refractivity contribution in [1.82, 2.24) is 19.3 Å². The molecular weight excluding hydrogens is 268 g/mol. The summed E-state index contributed by atoms with van der Waals surface area (Å²) >= 11 is 0. The van der Waals surface area contributed by atoms with Crippen LogP contribution in [0.2, 0.25) is 0 Å². The summed E-state index contributed by atoms with van der Waals surface area (Å²) in [4.78, 5) is 7.93. The number of nitrogens with zero attached hydrogens (tertiary/aromatic N) is 4. The number of ether oxygens (including phenoxy) is 1. The van der Waals surface area contributed by atoms with Crippen LogP contribution in [0, 0.1) is 5.41 Å². The molecule has 1 saturated heterocycles. The van der Waals surface area contributed by atoms with Gasteiger partial charge < -0.3 is 25.9 Å². The van der Waals surface area contributed by atoms with Crippen molar-refractivity contribution in [3.8, 4) is 0 Å². The number of nitrogens with one attached hydrogen (secondary N) is 1. The van der Waals surface area contributed by atoms with E-state index >= 15 is 0 Å². The normalized spacial score (nSPS) is 30.1. The Hall–Kier alpha value is -2.01. The van der Waals surface area contributed by atoms with Crippen LogP contribution in [0.3, 0.4) is 0 Å². The first kappa shape index (κ1) is 13.0.